The zero-order valence-electron chi connectivity index (χ0n) is 9.78. The first-order chi connectivity index (χ1) is 8.20. The maximum absolute atomic E-state index is 10.8. The quantitative estimate of drug-likeness (QED) is 0.309. The summed E-state index contributed by atoms with van der Waals surface area (Å²) in [4.78, 5) is 10.8. The summed E-state index contributed by atoms with van der Waals surface area (Å²) in [6.45, 7) is 4.00. The summed E-state index contributed by atoms with van der Waals surface area (Å²) < 4.78 is 10.6. The van der Waals surface area contributed by atoms with Gasteiger partial charge in [-0.05, 0) is 11.5 Å². The molecule has 0 unspecified atom stereocenters. The van der Waals surface area contributed by atoms with Crippen LogP contribution in [0.2, 0.25) is 0 Å². The van der Waals surface area contributed by atoms with Gasteiger partial charge in [-0.3, -0.25) is 8.98 Å². The van der Waals surface area contributed by atoms with Crippen LogP contribution in [0.25, 0.3) is 0 Å². The van der Waals surface area contributed by atoms with Crippen LogP contribution < -0.4 is 5.46 Å². The molecule has 1 rings (SSSR count). The van der Waals surface area contributed by atoms with Gasteiger partial charge in [-0.25, -0.2) is 0 Å². The second-order valence-electron chi connectivity index (χ2n) is 2.51. The molecule has 0 saturated carbocycles. The lowest BCUT2D eigenvalue weighted by Gasteiger charge is -2.10. The Morgan fingerprint density at radius 3 is 2.65 bits per heavy atom. The SMILES string of the molecule is CC.COSOB(I)c1c(Br)cccc1C=O. The molecule has 0 heterocycles. The fourth-order valence-electron chi connectivity index (χ4n) is 1.02. The van der Waals surface area contributed by atoms with E-state index in [4.69, 9.17) is 8.28 Å². The zero-order chi connectivity index (χ0) is 13.3. The Morgan fingerprint density at radius 1 is 1.47 bits per heavy atom. The first-order valence-corrected chi connectivity index (χ1v) is 7.65. The first-order valence-electron chi connectivity index (χ1n) is 4.94. The lowest BCUT2D eigenvalue weighted by atomic mass is 9.84. The van der Waals surface area contributed by atoms with Crippen LogP contribution in [-0.4, -0.2) is 18.2 Å². The van der Waals surface area contributed by atoms with Gasteiger partial charge in [0.25, 0.3) is 0 Å². The van der Waals surface area contributed by atoms with Crippen molar-refractivity contribution in [3.05, 3.63) is 28.2 Å². The number of hydrogen-bond donors (Lipinski definition) is 0. The van der Waals surface area contributed by atoms with E-state index in [2.05, 4.69) is 38.3 Å². The highest BCUT2D eigenvalue weighted by molar-refractivity contribution is 14.1. The Kier molecular flexibility index (Phi) is 10.6. The highest BCUT2D eigenvalue weighted by atomic mass is 127. The number of benzene rings is 1. The van der Waals surface area contributed by atoms with Gasteiger partial charge < -0.3 is 4.10 Å². The van der Waals surface area contributed by atoms with E-state index in [1.54, 1.807) is 6.07 Å². The molecule has 0 aliphatic heterocycles. The average Bonchev–Trinajstić information content (AvgIpc) is 2.37. The van der Waals surface area contributed by atoms with Crippen molar-refractivity contribution in [2.75, 3.05) is 7.11 Å². The number of aldehydes is 1. The van der Waals surface area contributed by atoms with Gasteiger partial charge in [-0.2, -0.15) is 0 Å². The van der Waals surface area contributed by atoms with Crippen LogP contribution in [0, 0.1) is 0 Å². The molecule has 0 aliphatic carbocycles. The van der Waals surface area contributed by atoms with Crippen LogP contribution in [0.15, 0.2) is 22.7 Å². The largest absolute Gasteiger partial charge is 0.417 e. The average molecular weight is 431 g/mol. The topological polar surface area (TPSA) is 35.5 Å². The van der Waals surface area contributed by atoms with E-state index in [9.17, 15) is 4.79 Å². The van der Waals surface area contributed by atoms with Crippen molar-refractivity contribution >= 4 is 67.1 Å². The molecule has 17 heavy (non-hydrogen) atoms. The van der Waals surface area contributed by atoms with Crippen molar-refractivity contribution in [2.24, 2.45) is 0 Å². The summed E-state index contributed by atoms with van der Waals surface area (Å²) in [5, 5.41) is 0. The lowest BCUT2D eigenvalue weighted by molar-refractivity contribution is 0.112. The molecule has 0 aliphatic rings. The third kappa shape index (κ3) is 5.74. The number of halogens is 2. The van der Waals surface area contributed by atoms with Gasteiger partial charge in [0, 0.05) is 10.0 Å². The molecule has 0 radical (unpaired) electrons. The molecule has 0 spiro atoms. The summed E-state index contributed by atoms with van der Waals surface area (Å²) in [6, 6.07) is 5.43. The Balaban J connectivity index is 0.00000121. The van der Waals surface area contributed by atoms with E-state index in [1.807, 2.05) is 26.0 Å². The van der Waals surface area contributed by atoms with Crippen molar-refractivity contribution in [3.8, 4) is 0 Å². The van der Waals surface area contributed by atoms with Gasteiger partial charge in [0.1, 0.15) is 18.6 Å². The van der Waals surface area contributed by atoms with E-state index in [0.29, 0.717) is 5.56 Å². The van der Waals surface area contributed by atoms with Crippen LogP contribution in [0.1, 0.15) is 24.2 Å². The molecule has 7 heteroatoms. The molecule has 0 atom stereocenters. The molecule has 94 valence electrons. The number of carbonyl (C=O) groups is 1. The Bertz CT molecular complexity index is 354. The van der Waals surface area contributed by atoms with Gasteiger partial charge in [0.2, 0.25) is 0 Å². The first kappa shape index (κ1) is 17.4. The van der Waals surface area contributed by atoms with Crippen molar-refractivity contribution in [1.82, 2.24) is 0 Å². The summed E-state index contributed by atoms with van der Waals surface area (Å²) in [5.41, 5.74) is 1.43. The van der Waals surface area contributed by atoms with Crippen LogP contribution in [0.5, 0.6) is 0 Å². The maximum atomic E-state index is 10.8. The zero-order valence-corrected chi connectivity index (χ0v) is 14.3. The summed E-state index contributed by atoms with van der Waals surface area (Å²) in [7, 11) is 1.52. The summed E-state index contributed by atoms with van der Waals surface area (Å²) >= 11 is 6.37. The molecule has 0 saturated heterocycles. The molecule has 3 nitrogen and oxygen atoms in total. The second kappa shape index (κ2) is 10.4. The van der Waals surface area contributed by atoms with Crippen molar-refractivity contribution in [2.45, 2.75) is 13.8 Å². The van der Waals surface area contributed by atoms with Gasteiger partial charge in [-0.1, -0.05) is 41.9 Å². The van der Waals surface area contributed by atoms with Crippen LogP contribution >= 0.6 is 50.6 Å². The van der Waals surface area contributed by atoms with E-state index in [0.717, 1.165) is 28.5 Å². The molecule has 0 amide bonds. The van der Waals surface area contributed by atoms with Gasteiger partial charge in [0.15, 0.2) is 0 Å². The molecule has 0 aromatic heterocycles. The minimum Gasteiger partial charge on any atom is -0.334 e. The number of hydrogen-bond acceptors (Lipinski definition) is 4. The van der Waals surface area contributed by atoms with Crippen molar-refractivity contribution in [3.63, 3.8) is 0 Å². The highest BCUT2D eigenvalue weighted by Gasteiger charge is 2.22. The van der Waals surface area contributed by atoms with Gasteiger partial charge in [0.05, 0.1) is 7.11 Å². The number of carbonyl (C=O) groups excluding carboxylic acids is 1. The van der Waals surface area contributed by atoms with Crippen LogP contribution in [0.4, 0.5) is 0 Å². The molecular formula is C10H13BBrIO3S. The maximum Gasteiger partial charge on any atom is 0.417 e. The summed E-state index contributed by atoms with van der Waals surface area (Å²) in [6.07, 6.45) is 0.812. The van der Waals surface area contributed by atoms with Gasteiger partial charge >= 0.3 is 4.77 Å². The molecule has 0 fully saturated rings. The fraction of sp³-hybridized carbons (Fsp3) is 0.300. The van der Waals surface area contributed by atoms with Gasteiger partial charge in [-0.15, -0.1) is 22.4 Å². The lowest BCUT2D eigenvalue weighted by Crippen LogP contribution is -2.30. The monoisotopic (exact) mass is 430 g/mol. The predicted molar refractivity (Wildman–Crippen MR) is 86.0 cm³/mol. The summed E-state index contributed by atoms with van der Waals surface area (Å²) in [5.74, 6) is 0. The minimum atomic E-state index is -0.247. The van der Waals surface area contributed by atoms with Crippen LogP contribution in [0.3, 0.4) is 0 Å². The Labute approximate surface area is 129 Å². The second-order valence-corrected chi connectivity index (χ2v) is 5.16. The third-order valence-electron chi connectivity index (χ3n) is 1.63. The minimum absolute atomic E-state index is 0.247. The molecule has 0 bridgehead atoms. The highest BCUT2D eigenvalue weighted by Crippen LogP contribution is 2.16. The van der Waals surface area contributed by atoms with E-state index in [1.165, 1.54) is 7.11 Å². The van der Waals surface area contributed by atoms with Crippen molar-refractivity contribution in [1.29, 1.82) is 0 Å². The smallest absolute Gasteiger partial charge is 0.334 e. The molecule has 1 aromatic carbocycles. The third-order valence-corrected chi connectivity index (χ3v) is 3.95. The fourth-order valence-corrected chi connectivity index (χ4v) is 3.23. The van der Waals surface area contributed by atoms with Crippen LogP contribution in [-0.2, 0) is 8.28 Å². The Hall–Kier alpha value is 0.435. The van der Waals surface area contributed by atoms with Crippen molar-refractivity contribution < 1.29 is 13.1 Å². The number of rotatable bonds is 5. The Morgan fingerprint density at radius 2 is 2.12 bits per heavy atom. The van der Waals surface area contributed by atoms with E-state index in [-0.39, 0.29) is 4.77 Å². The van der Waals surface area contributed by atoms with E-state index >= 15 is 0 Å². The van der Waals surface area contributed by atoms with E-state index < -0.39 is 0 Å². The standard InChI is InChI=1S/C8H7BBrIO3S.C2H6/c1-13-15-14-9(11)8-6(5-12)3-2-4-7(8)10;1-2/h2-5H,1H3;1-2H3. The predicted octanol–water partition coefficient (Wildman–Crippen LogP) is 3.64. The molecule has 1 aromatic rings. The normalized spacial score (nSPS) is 9.24. The molecular weight excluding hydrogens is 418 g/mol. The molecule has 0 N–H and O–H groups in total.